The molecule has 1 aromatic rings. The van der Waals surface area contributed by atoms with Gasteiger partial charge in [0.25, 0.3) is 6.29 Å². The lowest BCUT2D eigenvalue weighted by Crippen LogP contribution is -2.39. The summed E-state index contributed by atoms with van der Waals surface area (Å²) in [5.41, 5.74) is 0.631. The Bertz CT molecular complexity index is 687. The van der Waals surface area contributed by atoms with Gasteiger partial charge in [-0.15, -0.1) is 0 Å². The van der Waals surface area contributed by atoms with Gasteiger partial charge in [-0.25, -0.2) is 4.79 Å². The summed E-state index contributed by atoms with van der Waals surface area (Å²) >= 11 is 11.9. The lowest BCUT2D eigenvalue weighted by atomic mass is 9.99. The zero-order valence-electron chi connectivity index (χ0n) is 16.2. The van der Waals surface area contributed by atoms with Crippen molar-refractivity contribution in [2.75, 3.05) is 6.54 Å². The number of carboxylic acids is 1. The third-order valence-corrected chi connectivity index (χ3v) is 4.15. The lowest BCUT2D eigenvalue weighted by Gasteiger charge is -2.23. The largest absolute Gasteiger partial charge is 0.481 e. The van der Waals surface area contributed by atoms with E-state index in [1.165, 1.54) is 0 Å². The van der Waals surface area contributed by atoms with Gasteiger partial charge in [-0.2, -0.15) is 0 Å². The van der Waals surface area contributed by atoms with Gasteiger partial charge in [0.2, 0.25) is 0 Å². The van der Waals surface area contributed by atoms with Gasteiger partial charge < -0.3 is 19.9 Å². The number of carbonyl (C=O) groups is 3. The summed E-state index contributed by atoms with van der Waals surface area (Å²) in [6, 6.07) is 4.77. The van der Waals surface area contributed by atoms with Gasteiger partial charge in [0.15, 0.2) is 0 Å². The van der Waals surface area contributed by atoms with E-state index in [0.29, 0.717) is 15.6 Å². The zero-order chi connectivity index (χ0) is 21.4. The molecule has 0 spiro atoms. The Balaban J connectivity index is 2.67. The number of amides is 1. The first-order valence-corrected chi connectivity index (χ1v) is 9.58. The van der Waals surface area contributed by atoms with Crippen LogP contribution in [0.25, 0.3) is 0 Å². The van der Waals surface area contributed by atoms with Gasteiger partial charge in [0.1, 0.15) is 0 Å². The quantitative estimate of drug-likeness (QED) is 0.447. The summed E-state index contributed by atoms with van der Waals surface area (Å²) in [5, 5.41) is 12.6. The van der Waals surface area contributed by atoms with Crippen LogP contribution in [-0.2, 0) is 25.5 Å². The molecule has 0 saturated heterocycles. The number of alkyl carbamates (subject to hydrolysis) is 1. The second-order valence-corrected chi connectivity index (χ2v) is 7.88. The Morgan fingerprint density at radius 1 is 1.04 bits per heavy atom. The summed E-state index contributed by atoms with van der Waals surface area (Å²) in [5.74, 6) is -3.14. The Morgan fingerprint density at radius 2 is 1.61 bits per heavy atom. The van der Waals surface area contributed by atoms with Crippen molar-refractivity contribution in [1.29, 1.82) is 0 Å². The number of aliphatic carboxylic acids is 1. The molecule has 1 amide bonds. The van der Waals surface area contributed by atoms with Crippen LogP contribution in [0.1, 0.15) is 33.3 Å². The molecular weight excluding hydrogens is 409 g/mol. The monoisotopic (exact) mass is 433 g/mol. The first kappa shape index (κ1) is 24.0. The third kappa shape index (κ3) is 8.35. The summed E-state index contributed by atoms with van der Waals surface area (Å²) in [4.78, 5) is 35.3. The van der Waals surface area contributed by atoms with Gasteiger partial charge in [-0.3, -0.25) is 9.59 Å². The number of benzene rings is 1. The van der Waals surface area contributed by atoms with Crippen molar-refractivity contribution in [1.82, 2.24) is 5.32 Å². The molecule has 0 bridgehead atoms. The summed E-state index contributed by atoms with van der Waals surface area (Å²) in [7, 11) is 0. The van der Waals surface area contributed by atoms with E-state index in [1.807, 2.05) is 0 Å². The highest BCUT2D eigenvalue weighted by Gasteiger charge is 2.25. The molecule has 0 heterocycles. The summed E-state index contributed by atoms with van der Waals surface area (Å²) < 4.78 is 10.3. The van der Waals surface area contributed by atoms with Crippen LogP contribution in [0.4, 0.5) is 4.79 Å². The van der Waals surface area contributed by atoms with Crippen LogP contribution in [0.2, 0.25) is 10.0 Å². The minimum absolute atomic E-state index is 0.117. The minimum atomic E-state index is -1.09. The van der Waals surface area contributed by atoms with Crippen molar-refractivity contribution < 1.29 is 29.0 Å². The molecule has 0 saturated carbocycles. The van der Waals surface area contributed by atoms with Crippen LogP contribution in [0.5, 0.6) is 0 Å². The van der Waals surface area contributed by atoms with Crippen LogP contribution in [0, 0.1) is 17.8 Å². The molecule has 1 aromatic carbocycles. The topological polar surface area (TPSA) is 102 Å². The number of nitrogens with one attached hydrogen (secondary N) is 1. The van der Waals surface area contributed by atoms with Crippen LogP contribution in [-0.4, -0.2) is 36.0 Å². The van der Waals surface area contributed by atoms with Gasteiger partial charge >= 0.3 is 18.0 Å². The first-order valence-electron chi connectivity index (χ1n) is 8.82. The van der Waals surface area contributed by atoms with Gasteiger partial charge in [0, 0.05) is 22.5 Å². The first-order chi connectivity index (χ1) is 13.0. The predicted molar refractivity (Wildman–Crippen MR) is 105 cm³/mol. The fraction of sp³-hybridized carbons (Fsp3) is 0.526. The highest BCUT2D eigenvalue weighted by atomic mass is 35.5. The SMILES string of the molecule is CC(C)C(=O)O[C@H](OC(=O)NC[C@H](Cc1cc(Cl)cc(Cl)c1)C(=O)O)C(C)C. The second kappa shape index (κ2) is 11.1. The summed E-state index contributed by atoms with van der Waals surface area (Å²) in [6.45, 7) is 6.61. The van der Waals surface area contributed by atoms with Crippen molar-refractivity contribution in [3.63, 3.8) is 0 Å². The summed E-state index contributed by atoms with van der Waals surface area (Å²) in [6.07, 6.45) is -1.82. The number of esters is 1. The second-order valence-electron chi connectivity index (χ2n) is 7.01. The molecule has 9 heteroatoms. The van der Waals surface area contributed by atoms with E-state index < -0.39 is 30.2 Å². The van der Waals surface area contributed by atoms with Crippen LogP contribution in [0.15, 0.2) is 18.2 Å². The maximum absolute atomic E-state index is 12.0. The molecule has 0 radical (unpaired) electrons. The number of hydrogen-bond acceptors (Lipinski definition) is 5. The Hall–Kier alpha value is -1.99. The average molecular weight is 434 g/mol. The molecule has 7 nitrogen and oxygen atoms in total. The molecule has 0 unspecified atom stereocenters. The molecule has 2 N–H and O–H groups in total. The number of ether oxygens (including phenoxy) is 2. The normalized spacial score (nSPS) is 13.1. The highest BCUT2D eigenvalue weighted by molar-refractivity contribution is 6.34. The minimum Gasteiger partial charge on any atom is -0.481 e. The van der Waals surface area contributed by atoms with Crippen LogP contribution in [0.3, 0.4) is 0 Å². The van der Waals surface area contributed by atoms with Crippen molar-refractivity contribution in [3.05, 3.63) is 33.8 Å². The fourth-order valence-electron chi connectivity index (χ4n) is 2.16. The molecular formula is C19H25Cl2NO6. The average Bonchev–Trinajstić information content (AvgIpc) is 2.56. The van der Waals surface area contributed by atoms with E-state index in [9.17, 15) is 19.5 Å². The van der Waals surface area contributed by atoms with Gasteiger partial charge in [-0.05, 0) is 30.2 Å². The fourth-order valence-corrected chi connectivity index (χ4v) is 2.73. The number of hydrogen-bond donors (Lipinski definition) is 2. The van der Waals surface area contributed by atoms with E-state index in [0.717, 1.165) is 0 Å². The number of halogens is 2. The molecule has 1 rings (SSSR count). The Kier molecular flexibility index (Phi) is 9.55. The van der Waals surface area contributed by atoms with E-state index in [2.05, 4.69) is 5.32 Å². The smallest absolute Gasteiger partial charge is 0.410 e. The van der Waals surface area contributed by atoms with E-state index in [-0.39, 0.29) is 24.8 Å². The Morgan fingerprint density at radius 3 is 2.07 bits per heavy atom. The number of carbonyl (C=O) groups excluding carboxylic acids is 2. The van der Waals surface area contributed by atoms with Gasteiger partial charge in [-0.1, -0.05) is 50.9 Å². The van der Waals surface area contributed by atoms with E-state index in [4.69, 9.17) is 32.7 Å². The maximum Gasteiger partial charge on any atom is 0.410 e. The van der Waals surface area contributed by atoms with Crippen molar-refractivity contribution in [3.8, 4) is 0 Å². The molecule has 0 aliphatic carbocycles. The number of carboxylic acid groups (broad SMARTS) is 1. The van der Waals surface area contributed by atoms with Crippen molar-refractivity contribution in [2.24, 2.45) is 17.8 Å². The van der Waals surface area contributed by atoms with Crippen LogP contribution < -0.4 is 5.32 Å². The molecule has 0 fully saturated rings. The van der Waals surface area contributed by atoms with Crippen molar-refractivity contribution in [2.45, 2.75) is 40.4 Å². The highest BCUT2D eigenvalue weighted by Crippen LogP contribution is 2.21. The standard InChI is InChI=1S/C19H25Cl2NO6/c1-10(2)17(25)27-18(11(3)4)28-19(26)22-9-13(16(23)24)5-12-6-14(20)8-15(21)7-12/h6-8,10-11,13,18H,5,9H2,1-4H3,(H,22,26)(H,23,24)/t13-,18+/m0/s1. The van der Waals surface area contributed by atoms with E-state index in [1.54, 1.807) is 45.9 Å². The zero-order valence-corrected chi connectivity index (χ0v) is 17.7. The maximum atomic E-state index is 12.0. The third-order valence-electron chi connectivity index (χ3n) is 3.72. The molecule has 0 aliphatic rings. The lowest BCUT2D eigenvalue weighted by molar-refractivity contribution is -0.178. The molecule has 156 valence electrons. The van der Waals surface area contributed by atoms with Crippen LogP contribution >= 0.6 is 23.2 Å². The van der Waals surface area contributed by atoms with E-state index >= 15 is 0 Å². The predicted octanol–water partition coefficient (Wildman–Crippen LogP) is 4.14. The molecule has 2 atom stereocenters. The Labute approximate surface area is 174 Å². The van der Waals surface area contributed by atoms with Gasteiger partial charge in [0.05, 0.1) is 11.8 Å². The van der Waals surface area contributed by atoms with Crippen molar-refractivity contribution >= 4 is 41.2 Å². The molecule has 0 aliphatic heterocycles. The number of rotatable bonds is 9. The molecule has 28 heavy (non-hydrogen) atoms. The molecule has 0 aromatic heterocycles.